The molecule has 0 saturated heterocycles. The number of anilines is 1. The third-order valence-electron chi connectivity index (χ3n) is 3.38. The predicted molar refractivity (Wildman–Crippen MR) is 83.3 cm³/mol. The summed E-state index contributed by atoms with van der Waals surface area (Å²) in [6.07, 6.45) is 3.61. The maximum atomic E-state index is 12.0. The zero-order valence-electron chi connectivity index (χ0n) is 11.7. The molecule has 0 radical (unpaired) electrons. The average Bonchev–Trinajstić information content (AvgIpc) is 2.53. The SMILES string of the molecule is COc1ccccc1/C=C/[C@@H]1NC(=O)c2ccccc2N1. The summed E-state index contributed by atoms with van der Waals surface area (Å²) in [7, 11) is 1.64. The minimum atomic E-state index is -0.239. The number of hydrogen-bond donors (Lipinski definition) is 2. The van der Waals surface area contributed by atoms with Crippen LogP contribution >= 0.6 is 0 Å². The van der Waals surface area contributed by atoms with Gasteiger partial charge in [-0.15, -0.1) is 0 Å². The Bertz CT molecular complexity index is 695. The van der Waals surface area contributed by atoms with Gasteiger partial charge in [0.2, 0.25) is 0 Å². The number of fused-ring (bicyclic) bond motifs is 1. The molecule has 0 spiro atoms. The second kappa shape index (κ2) is 5.71. The molecule has 0 aliphatic carbocycles. The van der Waals surface area contributed by atoms with Crippen molar-refractivity contribution in [3.8, 4) is 5.75 Å². The summed E-state index contributed by atoms with van der Waals surface area (Å²) >= 11 is 0. The van der Waals surface area contributed by atoms with Crippen LogP contribution in [0.25, 0.3) is 6.08 Å². The van der Waals surface area contributed by atoms with E-state index in [-0.39, 0.29) is 12.1 Å². The molecule has 4 heteroatoms. The minimum absolute atomic E-state index is 0.0703. The Morgan fingerprint density at radius 2 is 1.81 bits per heavy atom. The summed E-state index contributed by atoms with van der Waals surface area (Å²) in [6.45, 7) is 0. The molecule has 0 aromatic heterocycles. The van der Waals surface area contributed by atoms with Crippen LogP contribution in [0.4, 0.5) is 5.69 Å². The molecule has 21 heavy (non-hydrogen) atoms. The number of benzene rings is 2. The summed E-state index contributed by atoms with van der Waals surface area (Å²) in [5.74, 6) is 0.732. The van der Waals surface area contributed by atoms with Crippen molar-refractivity contribution in [1.29, 1.82) is 0 Å². The third kappa shape index (κ3) is 2.74. The van der Waals surface area contributed by atoms with Crippen LogP contribution in [-0.2, 0) is 0 Å². The molecule has 2 aromatic carbocycles. The number of para-hydroxylation sites is 2. The van der Waals surface area contributed by atoms with Crippen LogP contribution in [0, 0.1) is 0 Å². The molecular formula is C17H16N2O2. The van der Waals surface area contributed by atoms with Crippen molar-refractivity contribution in [3.63, 3.8) is 0 Å². The number of rotatable bonds is 3. The van der Waals surface area contributed by atoms with E-state index in [0.29, 0.717) is 5.56 Å². The molecule has 1 amide bonds. The lowest BCUT2D eigenvalue weighted by atomic mass is 10.1. The van der Waals surface area contributed by atoms with Gasteiger partial charge in [-0.05, 0) is 24.3 Å². The Morgan fingerprint density at radius 3 is 2.67 bits per heavy atom. The first-order chi connectivity index (χ1) is 10.3. The molecule has 1 atom stereocenters. The topological polar surface area (TPSA) is 50.4 Å². The van der Waals surface area contributed by atoms with Gasteiger partial charge in [0.15, 0.2) is 0 Å². The number of ether oxygens (including phenoxy) is 1. The zero-order valence-corrected chi connectivity index (χ0v) is 11.7. The summed E-state index contributed by atoms with van der Waals surface area (Å²) in [5, 5.41) is 6.18. The quantitative estimate of drug-likeness (QED) is 0.909. The van der Waals surface area contributed by atoms with E-state index in [4.69, 9.17) is 4.74 Å². The highest BCUT2D eigenvalue weighted by Gasteiger charge is 2.20. The van der Waals surface area contributed by atoms with Gasteiger partial charge in [-0.2, -0.15) is 0 Å². The molecule has 1 aliphatic heterocycles. The maximum absolute atomic E-state index is 12.0. The van der Waals surface area contributed by atoms with E-state index < -0.39 is 0 Å². The summed E-state index contributed by atoms with van der Waals surface area (Å²) in [4.78, 5) is 12.0. The van der Waals surface area contributed by atoms with Gasteiger partial charge >= 0.3 is 0 Å². The summed E-state index contributed by atoms with van der Waals surface area (Å²) in [5.41, 5.74) is 2.48. The van der Waals surface area contributed by atoms with Crippen LogP contribution in [0.2, 0.25) is 0 Å². The van der Waals surface area contributed by atoms with Gasteiger partial charge in [0.25, 0.3) is 5.91 Å². The Morgan fingerprint density at radius 1 is 1.05 bits per heavy atom. The highest BCUT2D eigenvalue weighted by Crippen LogP contribution is 2.22. The molecular weight excluding hydrogens is 264 g/mol. The van der Waals surface area contributed by atoms with Crippen molar-refractivity contribution in [3.05, 3.63) is 65.7 Å². The van der Waals surface area contributed by atoms with E-state index in [1.54, 1.807) is 13.2 Å². The van der Waals surface area contributed by atoms with Gasteiger partial charge in [0.05, 0.1) is 12.7 Å². The molecule has 0 fully saturated rings. The molecule has 0 bridgehead atoms. The number of methoxy groups -OCH3 is 1. The third-order valence-corrected chi connectivity index (χ3v) is 3.38. The fraction of sp³-hybridized carbons (Fsp3) is 0.118. The Hall–Kier alpha value is -2.75. The Labute approximate surface area is 123 Å². The fourth-order valence-corrected chi connectivity index (χ4v) is 2.33. The molecule has 3 rings (SSSR count). The van der Waals surface area contributed by atoms with Gasteiger partial charge in [-0.25, -0.2) is 0 Å². The van der Waals surface area contributed by atoms with Crippen LogP contribution in [0.3, 0.4) is 0 Å². The second-order valence-corrected chi connectivity index (χ2v) is 4.74. The molecule has 106 valence electrons. The van der Waals surface area contributed by atoms with Gasteiger partial charge in [-0.3, -0.25) is 4.79 Å². The van der Waals surface area contributed by atoms with E-state index in [2.05, 4.69) is 10.6 Å². The van der Waals surface area contributed by atoms with Crippen molar-refractivity contribution in [2.45, 2.75) is 6.17 Å². The van der Waals surface area contributed by atoms with Crippen LogP contribution in [0.5, 0.6) is 5.75 Å². The van der Waals surface area contributed by atoms with Crippen LogP contribution in [0.1, 0.15) is 15.9 Å². The molecule has 2 aromatic rings. The van der Waals surface area contributed by atoms with E-state index in [1.807, 2.05) is 54.6 Å². The lowest BCUT2D eigenvalue weighted by Gasteiger charge is -2.25. The van der Waals surface area contributed by atoms with Gasteiger partial charge in [-0.1, -0.05) is 36.4 Å². The molecule has 1 heterocycles. The minimum Gasteiger partial charge on any atom is -0.496 e. The second-order valence-electron chi connectivity index (χ2n) is 4.74. The van der Waals surface area contributed by atoms with Crippen molar-refractivity contribution >= 4 is 17.7 Å². The zero-order chi connectivity index (χ0) is 14.7. The Balaban J connectivity index is 1.81. The van der Waals surface area contributed by atoms with Crippen molar-refractivity contribution in [2.75, 3.05) is 12.4 Å². The molecule has 0 unspecified atom stereocenters. The lowest BCUT2D eigenvalue weighted by molar-refractivity contribution is 0.0943. The average molecular weight is 280 g/mol. The first kappa shape index (κ1) is 13.2. The lowest BCUT2D eigenvalue weighted by Crippen LogP contribution is -2.43. The van der Waals surface area contributed by atoms with Gasteiger partial charge < -0.3 is 15.4 Å². The molecule has 0 saturated carbocycles. The van der Waals surface area contributed by atoms with Crippen molar-refractivity contribution < 1.29 is 9.53 Å². The van der Waals surface area contributed by atoms with Crippen molar-refractivity contribution in [1.82, 2.24) is 5.32 Å². The molecule has 4 nitrogen and oxygen atoms in total. The van der Waals surface area contributed by atoms with E-state index in [9.17, 15) is 4.79 Å². The standard InChI is InChI=1S/C17H16N2O2/c1-21-15-9-5-2-6-12(15)10-11-16-18-14-8-4-3-7-13(14)17(20)19-16/h2-11,16,18H,1H3,(H,19,20)/b11-10+/t16-/m0/s1. The normalized spacial score (nSPS) is 17.0. The summed E-state index contributed by atoms with van der Waals surface area (Å²) in [6, 6.07) is 15.2. The summed E-state index contributed by atoms with van der Waals surface area (Å²) < 4.78 is 5.30. The van der Waals surface area contributed by atoms with Crippen LogP contribution < -0.4 is 15.4 Å². The number of hydrogen-bond acceptors (Lipinski definition) is 3. The number of carbonyl (C=O) groups excluding carboxylic acids is 1. The number of nitrogens with one attached hydrogen (secondary N) is 2. The van der Waals surface area contributed by atoms with Gasteiger partial charge in [0, 0.05) is 11.3 Å². The number of amides is 1. The van der Waals surface area contributed by atoms with E-state index in [1.165, 1.54) is 0 Å². The first-order valence-electron chi connectivity index (χ1n) is 6.75. The highest BCUT2D eigenvalue weighted by molar-refractivity contribution is 6.01. The van der Waals surface area contributed by atoms with Gasteiger partial charge in [0.1, 0.15) is 11.9 Å². The fourth-order valence-electron chi connectivity index (χ4n) is 2.33. The van der Waals surface area contributed by atoms with Crippen molar-refractivity contribution in [2.24, 2.45) is 0 Å². The predicted octanol–water partition coefficient (Wildman–Crippen LogP) is 2.89. The smallest absolute Gasteiger partial charge is 0.255 e. The van der Waals surface area contributed by atoms with Crippen LogP contribution in [0.15, 0.2) is 54.6 Å². The van der Waals surface area contributed by atoms with E-state index >= 15 is 0 Å². The van der Waals surface area contributed by atoms with Crippen LogP contribution in [-0.4, -0.2) is 19.2 Å². The molecule has 2 N–H and O–H groups in total. The first-order valence-corrected chi connectivity index (χ1v) is 6.75. The number of carbonyl (C=O) groups is 1. The highest BCUT2D eigenvalue weighted by atomic mass is 16.5. The monoisotopic (exact) mass is 280 g/mol. The largest absolute Gasteiger partial charge is 0.496 e. The van der Waals surface area contributed by atoms with E-state index in [0.717, 1.165) is 17.0 Å². The maximum Gasteiger partial charge on any atom is 0.255 e. The Kier molecular flexibility index (Phi) is 3.60. The molecule has 1 aliphatic rings.